The molecular weight excluding hydrogens is 494 g/mol. The molecule has 0 unspecified atom stereocenters. The largest absolute Gasteiger partial charge is 0.506 e. The number of aldehydes is 1. The fourth-order valence-corrected chi connectivity index (χ4v) is 4.78. The van der Waals surface area contributed by atoms with E-state index in [0.29, 0.717) is 41.2 Å². The number of allylic oxidation sites excluding steroid dienone is 2. The number of H-pyrrole nitrogens is 1. The summed E-state index contributed by atoms with van der Waals surface area (Å²) < 4.78 is 1.55. The van der Waals surface area contributed by atoms with Crippen molar-refractivity contribution < 1.29 is 9.90 Å². The van der Waals surface area contributed by atoms with Crippen LogP contribution in [0.15, 0.2) is 40.6 Å². The molecular formula is C29H35N7O3. The summed E-state index contributed by atoms with van der Waals surface area (Å²) in [6, 6.07) is 5.15. The minimum atomic E-state index is -0.190. The van der Waals surface area contributed by atoms with Gasteiger partial charge in [-0.25, -0.2) is 15.0 Å². The van der Waals surface area contributed by atoms with E-state index in [-0.39, 0.29) is 28.3 Å². The lowest BCUT2D eigenvalue weighted by Crippen LogP contribution is -2.28. The van der Waals surface area contributed by atoms with Gasteiger partial charge in [0.1, 0.15) is 17.1 Å². The van der Waals surface area contributed by atoms with Gasteiger partial charge in [0.2, 0.25) is 0 Å². The van der Waals surface area contributed by atoms with E-state index in [1.165, 1.54) is 18.9 Å². The average Bonchev–Trinajstić information content (AvgIpc) is 3.54. The number of carbonyl (C=O) groups is 1. The summed E-state index contributed by atoms with van der Waals surface area (Å²) >= 11 is 0. The molecule has 3 heterocycles. The van der Waals surface area contributed by atoms with Crippen molar-refractivity contribution in [2.75, 3.05) is 32.0 Å². The van der Waals surface area contributed by atoms with Crippen LogP contribution >= 0.6 is 0 Å². The fourth-order valence-electron chi connectivity index (χ4n) is 4.78. The van der Waals surface area contributed by atoms with E-state index < -0.39 is 0 Å². The molecule has 2 aromatic heterocycles. The SMILES string of the molecule is C=C(C(C=O)=Nc1c(O)cc(-c2nc(C)cc(C)n2)cc1NC)c1[nH]n(CCN2CCCC2)c(=O)c1/C=C\C. The molecule has 4 rings (SSSR count). The number of aliphatic imine (C=N–C) groups is 1. The molecule has 10 nitrogen and oxygen atoms in total. The van der Waals surface area contributed by atoms with Crippen LogP contribution in [-0.2, 0) is 11.3 Å². The van der Waals surface area contributed by atoms with Crippen molar-refractivity contribution >= 4 is 35.0 Å². The Balaban J connectivity index is 1.71. The van der Waals surface area contributed by atoms with Crippen LogP contribution in [0.1, 0.15) is 42.4 Å². The molecule has 10 heteroatoms. The summed E-state index contributed by atoms with van der Waals surface area (Å²) in [5, 5.41) is 17.1. The van der Waals surface area contributed by atoms with E-state index in [2.05, 4.69) is 36.9 Å². The molecule has 204 valence electrons. The Hall–Kier alpha value is -4.31. The number of aromatic amines is 1. The highest BCUT2D eigenvalue weighted by atomic mass is 16.3. The molecule has 3 aromatic rings. The molecule has 0 bridgehead atoms. The average molecular weight is 530 g/mol. The fraction of sp³-hybridized carbons (Fsp3) is 0.345. The molecule has 0 aliphatic carbocycles. The van der Waals surface area contributed by atoms with Gasteiger partial charge in [-0.3, -0.25) is 19.4 Å². The van der Waals surface area contributed by atoms with Gasteiger partial charge in [0.25, 0.3) is 5.56 Å². The van der Waals surface area contributed by atoms with E-state index in [9.17, 15) is 14.7 Å². The number of phenolic OH excluding ortho intramolecular Hbond substituents is 1. The first-order valence-electron chi connectivity index (χ1n) is 13.0. The quantitative estimate of drug-likeness (QED) is 0.266. The van der Waals surface area contributed by atoms with Gasteiger partial charge in [-0.05, 0) is 64.9 Å². The highest BCUT2D eigenvalue weighted by molar-refractivity contribution is 6.49. The van der Waals surface area contributed by atoms with Gasteiger partial charge < -0.3 is 15.3 Å². The lowest BCUT2D eigenvalue weighted by molar-refractivity contribution is -0.102. The van der Waals surface area contributed by atoms with Gasteiger partial charge >= 0.3 is 0 Å². The van der Waals surface area contributed by atoms with Crippen molar-refractivity contribution in [1.29, 1.82) is 0 Å². The number of aromatic hydroxyl groups is 1. The van der Waals surface area contributed by atoms with Crippen molar-refractivity contribution in [1.82, 2.24) is 24.6 Å². The van der Waals surface area contributed by atoms with Crippen molar-refractivity contribution in [3.63, 3.8) is 0 Å². The van der Waals surface area contributed by atoms with Gasteiger partial charge in [-0.15, -0.1) is 0 Å². The topological polar surface area (TPSA) is 128 Å². The molecule has 0 radical (unpaired) electrons. The van der Waals surface area contributed by atoms with Crippen molar-refractivity contribution in [2.24, 2.45) is 4.99 Å². The molecule has 39 heavy (non-hydrogen) atoms. The first-order valence-corrected chi connectivity index (χ1v) is 13.0. The Kier molecular flexibility index (Phi) is 8.55. The van der Waals surface area contributed by atoms with Gasteiger partial charge in [0.15, 0.2) is 12.1 Å². The van der Waals surface area contributed by atoms with E-state index in [4.69, 9.17) is 0 Å². The second-order valence-electron chi connectivity index (χ2n) is 9.62. The van der Waals surface area contributed by atoms with Crippen LogP contribution in [0.3, 0.4) is 0 Å². The number of phenols is 1. The Morgan fingerprint density at radius 2 is 1.87 bits per heavy atom. The second kappa shape index (κ2) is 12.0. The maximum absolute atomic E-state index is 13.2. The Morgan fingerprint density at radius 1 is 1.18 bits per heavy atom. The molecule has 1 saturated heterocycles. The summed E-state index contributed by atoms with van der Waals surface area (Å²) in [7, 11) is 1.69. The third-order valence-corrected chi connectivity index (χ3v) is 6.72. The van der Waals surface area contributed by atoms with Crippen LogP contribution in [0.5, 0.6) is 5.75 Å². The number of benzene rings is 1. The number of carbonyl (C=O) groups excluding carboxylic acids is 1. The summed E-state index contributed by atoms with van der Waals surface area (Å²) in [5.41, 5.74) is 3.71. The number of hydrogen-bond donors (Lipinski definition) is 3. The van der Waals surface area contributed by atoms with Crippen molar-refractivity contribution in [2.45, 2.75) is 40.2 Å². The summed E-state index contributed by atoms with van der Waals surface area (Å²) in [6.45, 7) is 13.0. The molecule has 1 aromatic carbocycles. The zero-order valence-corrected chi connectivity index (χ0v) is 22.9. The summed E-state index contributed by atoms with van der Waals surface area (Å²) in [6.07, 6.45) is 6.38. The first-order chi connectivity index (χ1) is 18.7. The van der Waals surface area contributed by atoms with Crippen molar-refractivity contribution in [3.8, 4) is 17.1 Å². The molecule has 1 fully saturated rings. The summed E-state index contributed by atoms with van der Waals surface area (Å²) in [4.78, 5) is 41.1. The van der Waals surface area contributed by atoms with E-state index >= 15 is 0 Å². The molecule has 0 atom stereocenters. The number of anilines is 1. The summed E-state index contributed by atoms with van der Waals surface area (Å²) in [5.74, 6) is 0.316. The van der Waals surface area contributed by atoms with Gasteiger partial charge in [0, 0.05) is 36.1 Å². The van der Waals surface area contributed by atoms with Crippen LogP contribution in [0.4, 0.5) is 11.4 Å². The molecule has 1 aliphatic rings. The smallest absolute Gasteiger partial charge is 0.274 e. The Morgan fingerprint density at radius 3 is 2.49 bits per heavy atom. The zero-order valence-electron chi connectivity index (χ0n) is 22.9. The molecule has 1 aliphatic heterocycles. The molecule has 0 amide bonds. The predicted octanol–water partition coefficient (Wildman–Crippen LogP) is 4.11. The Labute approximate surface area is 227 Å². The monoisotopic (exact) mass is 529 g/mol. The number of aromatic nitrogens is 4. The molecule has 3 N–H and O–H groups in total. The molecule has 0 spiro atoms. The van der Waals surface area contributed by atoms with Crippen LogP contribution in [0.2, 0.25) is 0 Å². The van der Waals surface area contributed by atoms with Crippen LogP contribution in [-0.4, -0.2) is 68.4 Å². The van der Waals surface area contributed by atoms with Crippen molar-refractivity contribution in [3.05, 3.63) is 63.9 Å². The highest BCUT2D eigenvalue weighted by Crippen LogP contribution is 2.39. The standard InChI is InChI=1S/C29H35N7O3/c1-6-9-22-26(34-36(29(22)39)13-12-35-10-7-8-11-35)20(4)24(17-37)33-27-23(30-5)15-21(16-25(27)38)28-31-18(2)14-19(3)32-28/h6,9,14-17,30,34,38H,4,7-8,10-13H2,1-3,5H3/b9-6-,33-24?. The maximum Gasteiger partial charge on any atom is 0.274 e. The number of rotatable bonds is 10. The van der Waals surface area contributed by atoms with E-state index in [1.54, 1.807) is 29.9 Å². The maximum atomic E-state index is 13.2. The van der Waals surface area contributed by atoms with E-state index in [1.807, 2.05) is 26.8 Å². The lowest BCUT2D eigenvalue weighted by atomic mass is 10.0. The van der Waals surface area contributed by atoms with E-state index in [0.717, 1.165) is 31.0 Å². The van der Waals surface area contributed by atoms with Gasteiger partial charge in [-0.2, -0.15) is 0 Å². The van der Waals surface area contributed by atoms with Gasteiger partial charge in [0.05, 0.1) is 23.5 Å². The number of nitrogens with zero attached hydrogens (tertiary/aromatic N) is 5. The first kappa shape index (κ1) is 27.7. The van der Waals surface area contributed by atoms with Crippen LogP contribution < -0.4 is 10.9 Å². The van der Waals surface area contributed by atoms with Crippen LogP contribution in [0.25, 0.3) is 23.0 Å². The number of nitrogens with one attached hydrogen (secondary N) is 2. The third kappa shape index (κ3) is 6.06. The Bertz CT molecular complexity index is 1490. The normalized spacial score (nSPS) is 14.3. The predicted molar refractivity (Wildman–Crippen MR) is 156 cm³/mol. The van der Waals surface area contributed by atoms with Gasteiger partial charge in [-0.1, -0.05) is 18.7 Å². The molecule has 0 saturated carbocycles. The lowest BCUT2D eigenvalue weighted by Gasteiger charge is -2.14. The minimum absolute atomic E-state index is 0.0177. The minimum Gasteiger partial charge on any atom is -0.506 e. The second-order valence-corrected chi connectivity index (χ2v) is 9.62. The number of aryl methyl sites for hydroxylation is 2. The number of hydrogen-bond acceptors (Lipinski definition) is 8. The zero-order chi connectivity index (χ0) is 28.1. The third-order valence-electron chi connectivity index (χ3n) is 6.72. The number of likely N-dealkylation sites (tertiary alicyclic amines) is 1. The van der Waals surface area contributed by atoms with Crippen LogP contribution in [0, 0.1) is 13.8 Å². The highest BCUT2D eigenvalue weighted by Gasteiger charge is 2.21.